The van der Waals surface area contributed by atoms with Crippen LogP contribution >= 0.6 is 0 Å². The topological polar surface area (TPSA) is 69.4 Å². The lowest BCUT2D eigenvalue weighted by Gasteiger charge is -2.28. The van der Waals surface area contributed by atoms with Crippen molar-refractivity contribution in [3.05, 3.63) is 11.7 Å². The third-order valence-corrected chi connectivity index (χ3v) is 3.80. The van der Waals surface area contributed by atoms with Crippen molar-refractivity contribution in [2.24, 2.45) is 0 Å². The monoisotopic (exact) mass is 253 g/mol. The van der Waals surface area contributed by atoms with Gasteiger partial charge in [-0.3, -0.25) is 0 Å². The summed E-state index contributed by atoms with van der Waals surface area (Å²) in [6, 6.07) is 0.354. The summed E-state index contributed by atoms with van der Waals surface area (Å²) in [7, 11) is 1.96. The molecule has 2 fully saturated rings. The van der Waals surface area contributed by atoms with Crippen LogP contribution < -0.4 is 5.32 Å². The number of aromatic nitrogens is 2. The fourth-order valence-electron chi connectivity index (χ4n) is 2.63. The first kappa shape index (κ1) is 12.1. The lowest BCUT2D eigenvalue weighted by atomic mass is 9.96. The Morgan fingerprint density at radius 1 is 1.17 bits per heavy atom. The smallest absolute Gasteiger partial charge is 0.233 e. The van der Waals surface area contributed by atoms with Crippen molar-refractivity contribution in [1.29, 1.82) is 0 Å². The van der Waals surface area contributed by atoms with Gasteiger partial charge in [-0.1, -0.05) is 5.16 Å². The molecule has 3 rings (SSSR count). The molecule has 18 heavy (non-hydrogen) atoms. The highest BCUT2D eigenvalue weighted by molar-refractivity contribution is 5.04. The molecule has 0 saturated carbocycles. The molecule has 3 unspecified atom stereocenters. The molecule has 1 aromatic heterocycles. The quantitative estimate of drug-likeness (QED) is 0.853. The Morgan fingerprint density at radius 2 is 2.00 bits per heavy atom. The van der Waals surface area contributed by atoms with Crippen LogP contribution in [0.2, 0.25) is 0 Å². The molecule has 6 nitrogen and oxygen atoms in total. The first-order valence-electron chi connectivity index (χ1n) is 6.54. The number of nitrogens with zero attached hydrogens (tertiary/aromatic N) is 2. The summed E-state index contributed by atoms with van der Waals surface area (Å²) >= 11 is 0. The van der Waals surface area contributed by atoms with Crippen molar-refractivity contribution in [2.75, 3.05) is 33.5 Å². The molecule has 3 atom stereocenters. The fraction of sp³-hybridized carbons (Fsp3) is 0.833. The van der Waals surface area contributed by atoms with Crippen molar-refractivity contribution in [3.8, 4) is 0 Å². The van der Waals surface area contributed by atoms with Gasteiger partial charge in [0.15, 0.2) is 5.82 Å². The van der Waals surface area contributed by atoms with Crippen LogP contribution in [-0.4, -0.2) is 49.7 Å². The van der Waals surface area contributed by atoms with Crippen molar-refractivity contribution in [1.82, 2.24) is 15.5 Å². The van der Waals surface area contributed by atoms with Gasteiger partial charge in [0.2, 0.25) is 5.89 Å². The zero-order valence-corrected chi connectivity index (χ0v) is 10.6. The SMILES string of the molecule is CNC1CCOCC1c1nc(C2CCOC2)no1. The Labute approximate surface area is 106 Å². The molecule has 6 heteroatoms. The van der Waals surface area contributed by atoms with Gasteiger partial charge in [0.05, 0.1) is 19.1 Å². The van der Waals surface area contributed by atoms with Gasteiger partial charge in [0.1, 0.15) is 0 Å². The van der Waals surface area contributed by atoms with Gasteiger partial charge >= 0.3 is 0 Å². The van der Waals surface area contributed by atoms with Gasteiger partial charge in [-0.15, -0.1) is 0 Å². The number of rotatable bonds is 3. The second-order valence-corrected chi connectivity index (χ2v) is 4.92. The van der Waals surface area contributed by atoms with E-state index in [0.29, 0.717) is 31.1 Å². The van der Waals surface area contributed by atoms with Gasteiger partial charge in [-0.05, 0) is 19.9 Å². The molecule has 100 valence electrons. The Bertz CT molecular complexity index is 390. The molecule has 0 radical (unpaired) electrons. The lowest BCUT2D eigenvalue weighted by molar-refractivity contribution is 0.0516. The average molecular weight is 253 g/mol. The maximum absolute atomic E-state index is 5.51. The minimum absolute atomic E-state index is 0.160. The normalized spacial score (nSPS) is 32.8. The highest BCUT2D eigenvalue weighted by Crippen LogP contribution is 2.28. The Morgan fingerprint density at radius 3 is 2.78 bits per heavy atom. The molecule has 0 bridgehead atoms. The molecule has 2 aliphatic rings. The molecule has 1 aromatic rings. The summed E-state index contributed by atoms with van der Waals surface area (Å²) in [6.07, 6.45) is 1.96. The number of hydrogen-bond donors (Lipinski definition) is 1. The molecule has 2 aliphatic heterocycles. The van der Waals surface area contributed by atoms with Gasteiger partial charge in [-0.2, -0.15) is 4.98 Å². The van der Waals surface area contributed by atoms with E-state index in [-0.39, 0.29) is 5.92 Å². The van der Waals surface area contributed by atoms with Crippen LogP contribution in [0.15, 0.2) is 4.52 Å². The van der Waals surface area contributed by atoms with Crippen LogP contribution in [-0.2, 0) is 9.47 Å². The van der Waals surface area contributed by atoms with Gasteiger partial charge in [0, 0.05) is 25.2 Å². The van der Waals surface area contributed by atoms with Gasteiger partial charge in [-0.25, -0.2) is 0 Å². The summed E-state index contributed by atoms with van der Waals surface area (Å²) in [4.78, 5) is 4.54. The van der Waals surface area contributed by atoms with E-state index < -0.39 is 0 Å². The predicted octanol–water partition coefficient (Wildman–Crippen LogP) is 0.665. The maximum atomic E-state index is 5.51. The second kappa shape index (κ2) is 5.34. The predicted molar refractivity (Wildman–Crippen MR) is 63.5 cm³/mol. The molecule has 1 N–H and O–H groups in total. The summed E-state index contributed by atoms with van der Waals surface area (Å²) < 4.78 is 16.3. The first-order chi connectivity index (χ1) is 8.88. The van der Waals surface area contributed by atoms with E-state index in [1.165, 1.54) is 0 Å². The molecule has 0 amide bonds. The van der Waals surface area contributed by atoms with Crippen molar-refractivity contribution in [2.45, 2.75) is 30.7 Å². The molecule has 3 heterocycles. The van der Waals surface area contributed by atoms with E-state index >= 15 is 0 Å². The highest BCUT2D eigenvalue weighted by atomic mass is 16.5. The zero-order chi connectivity index (χ0) is 12.4. The molecule has 0 aliphatic carbocycles. The Kier molecular flexibility index (Phi) is 3.58. The molecule has 2 saturated heterocycles. The van der Waals surface area contributed by atoms with Crippen LogP contribution in [0, 0.1) is 0 Å². The summed E-state index contributed by atoms with van der Waals surface area (Å²) in [5.41, 5.74) is 0. The average Bonchev–Trinajstić information content (AvgIpc) is 3.09. The minimum Gasteiger partial charge on any atom is -0.381 e. The molecule has 0 aromatic carbocycles. The van der Waals surface area contributed by atoms with Crippen LogP contribution in [0.5, 0.6) is 0 Å². The first-order valence-corrected chi connectivity index (χ1v) is 6.54. The van der Waals surface area contributed by atoms with Crippen LogP contribution in [0.25, 0.3) is 0 Å². The van der Waals surface area contributed by atoms with Gasteiger partial charge in [0.25, 0.3) is 0 Å². The van der Waals surface area contributed by atoms with Crippen LogP contribution in [0.1, 0.15) is 36.4 Å². The highest BCUT2D eigenvalue weighted by Gasteiger charge is 2.32. The minimum atomic E-state index is 0.160. The summed E-state index contributed by atoms with van der Waals surface area (Å²) in [5, 5.41) is 7.39. The van der Waals surface area contributed by atoms with Crippen molar-refractivity contribution in [3.63, 3.8) is 0 Å². The summed E-state index contributed by atoms with van der Waals surface area (Å²) in [6.45, 7) is 2.93. The number of nitrogens with one attached hydrogen (secondary N) is 1. The molecular weight excluding hydrogens is 234 g/mol. The molecule has 0 spiro atoms. The van der Waals surface area contributed by atoms with E-state index in [9.17, 15) is 0 Å². The maximum Gasteiger partial charge on any atom is 0.233 e. The zero-order valence-electron chi connectivity index (χ0n) is 10.6. The Balaban J connectivity index is 1.74. The molecular formula is C12H19N3O3. The van der Waals surface area contributed by atoms with Crippen molar-refractivity contribution >= 4 is 0 Å². The third-order valence-electron chi connectivity index (χ3n) is 3.80. The van der Waals surface area contributed by atoms with E-state index in [0.717, 1.165) is 31.9 Å². The summed E-state index contributed by atoms with van der Waals surface area (Å²) in [5.74, 6) is 1.92. The van der Waals surface area contributed by atoms with E-state index in [4.69, 9.17) is 14.0 Å². The van der Waals surface area contributed by atoms with Crippen LogP contribution in [0.3, 0.4) is 0 Å². The number of likely N-dealkylation sites (N-methyl/N-ethyl adjacent to an activating group) is 1. The van der Waals surface area contributed by atoms with E-state index in [2.05, 4.69) is 15.5 Å². The van der Waals surface area contributed by atoms with Crippen molar-refractivity contribution < 1.29 is 14.0 Å². The number of ether oxygens (including phenoxy) is 2. The lowest BCUT2D eigenvalue weighted by Crippen LogP contribution is -2.39. The standard InChI is InChI=1S/C12H19N3O3/c1-13-10-3-5-17-7-9(10)12-14-11(15-18-12)8-2-4-16-6-8/h8-10,13H,2-7H2,1H3. The fourth-order valence-corrected chi connectivity index (χ4v) is 2.63. The van der Waals surface area contributed by atoms with E-state index in [1.807, 2.05) is 7.05 Å². The third kappa shape index (κ3) is 2.28. The largest absolute Gasteiger partial charge is 0.381 e. The number of hydrogen-bond acceptors (Lipinski definition) is 6. The van der Waals surface area contributed by atoms with Gasteiger partial charge < -0.3 is 19.3 Å². The Hall–Kier alpha value is -0.980. The van der Waals surface area contributed by atoms with E-state index in [1.54, 1.807) is 0 Å². The second-order valence-electron chi connectivity index (χ2n) is 4.92. The van der Waals surface area contributed by atoms with Crippen LogP contribution in [0.4, 0.5) is 0 Å².